The molecule has 1 fully saturated rings. The molecule has 0 saturated carbocycles. The molecule has 1 aromatic carbocycles. The number of aromatic nitrogens is 1. The van der Waals surface area contributed by atoms with E-state index in [0.29, 0.717) is 11.7 Å². The highest BCUT2D eigenvalue weighted by atomic mass is 32.1. The molecule has 2 heterocycles. The van der Waals surface area contributed by atoms with E-state index >= 15 is 0 Å². The number of halogens is 1. The third-order valence-electron chi connectivity index (χ3n) is 3.96. The fraction of sp³-hybridized carbons (Fsp3) is 0.353. The van der Waals surface area contributed by atoms with Gasteiger partial charge in [-0.25, -0.2) is 9.37 Å². The Morgan fingerprint density at radius 3 is 2.80 bits per heavy atom. The number of rotatable bonds is 6. The van der Waals surface area contributed by atoms with E-state index in [2.05, 4.69) is 20.5 Å². The van der Waals surface area contributed by atoms with Crippen LogP contribution in [0.1, 0.15) is 33.7 Å². The van der Waals surface area contributed by atoms with Gasteiger partial charge in [0.25, 0.3) is 11.8 Å². The molecule has 2 aromatic rings. The molecule has 1 aromatic heterocycles. The first-order valence-corrected chi connectivity index (χ1v) is 9.03. The Morgan fingerprint density at radius 2 is 2.04 bits per heavy atom. The lowest BCUT2D eigenvalue weighted by Gasteiger charge is -2.14. The Hall–Kier alpha value is -2.32. The average molecular weight is 362 g/mol. The first-order valence-electron chi connectivity index (χ1n) is 8.15. The SMILES string of the molecule is O=C(Nc1nc(C(=O)NCCN2CCCC2)cs1)c1cccc(F)c1. The molecule has 2 N–H and O–H groups in total. The van der Waals surface area contributed by atoms with E-state index < -0.39 is 11.7 Å². The van der Waals surface area contributed by atoms with Crippen LogP contribution in [0.2, 0.25) is 0 Å². The van der Waals surface area contributed by atoms with Gasteiger partial charge in [0.1, 0.15) is 11.5 Å². The average Bonchev–Trinajstić information content (AvgIpc) is 3.26. The van der Waals surface area contributed by atoms with Crippen LogP contribution in [0.15, 0.2) is 29.6 Å². The Balaban J connectivity index is 1.51. The summed E-state index contributed by atoms with van der Waals surface area (Å²) in [5.74, 6) is -1.21. The number of thiazole rings is 1. The van der Waals surface area contributed by atoms with Gasteiger partial charge in [-0.3, -0.25) is 14.9 Å². The predicted molar refractivity (Wildman–Crippen MR) is 94.5 cm³/mol. The van der Waals surface area contributed by atoms with Crippen LogP contribution in [0.25, 0.3) is 0 Å². The van der Waals surface area contributed by atoms with Crippen molar-refractivity contribution in [3.05, 3.63) is 46.7 Å². The van der Waals surface area contributed by atoms with Gasteiger partial charge in [-0.2, -0.15) is 0 Å². The molecule has 0 radical (unpaired) electrons. The van der Waals surface area contributed by atoms with E-state index in [4.69, 9.17) is 0 Å². The molecule has 1 aliphatic heterocycles. The van der Waals surface area contributed by atoms with Gasteiger partial charge in [0.15, 0.2) is 5.13 Å². The van der Waals surface area contributed by atoms with E-state index in [1.54, 1.807) is 5.38 Å². The normalized spacial score (nSPS) is 14.4. The van der Waals surface area contributed by atoms with Crippen LogP contribution in [0.3, 0.4) is 0 Å². The minimum Gasteiger partial charge on any atom is -0.349 e. The van der Waals surface area contributed by atoms with Crippen molar-refractivity contribution in [3.8, 4) is 0 Å². The monoisotopic (exact) mass is 362 g/mol. The Kier molecular flexibility index (Phi) is 5.72. The van der Waals surface area contributed by atoms with Gasteiger partial charge in [0.2, 0.25) is 0 Å². The van der Waals surface area contributed by atoms with Gasteiger partial charge in [-0.05, 0) is 44.1 Å². The number of benzene rings is 1. The number of anilines is 1. The third kappa shape index (κ3) is 4.83. The van der Waals surface area contributed by atoms with Gasteiger partial charge < -0.3 is 10.2 Å². The Bertz CT molecular complexity index is 759. The molecule has 0 bridgehead atoms. The summed E-state index contributed by atoms with van der Waals surface area (Å²) < 4.78 is 13.2. The zero-order valence-corrected chi connectivity index (χ0v) is 14.4. The number of hydrogen-bond donors (Lipinski definition) is 2. The van der Waals surface area contributed by atoms with Crippen LogP contribution in [0, 0.1) is 5.82 Å². The highest BCUT2D eigenvalue weighted by molar-refractivity contribution is 7.14. The van der Waals surface area contributed by atoms with E-state index in [0.717, 1.165) is 37.0 Å². The summed E-state index contributed by atoms with van der Waals surface area (Å²) in [6.07, 6.45) is 2.43. The maximum Gasteiger partial charge on any atom is 0.270 e. The lowest BCUT2D eigenvalue weighted by molar-refractivity contribution is 0.0944. The maximum absolute atomic E-state index is 13.2. The first-order chi connectivity index (χ1) is 12.1. The van der Waals surface area contributed by atoms with Crippen molar-refractivity contribution in [2.75, 3.05) is 31.5 Å². The molecular formula is C17H19FN4O2S. The molecule has 0 unspecified atom stereocenters. The number of amides is 2. The molecule has 6 nitrogen and oxygen atoms in total. The molecule has 8 heteroatoms. The molecule has 2 amide bonds. The molecular weight excluding hydrogens is 343 g/mol. The highest BCUT2D eigenvalue weighted by Crippen LogP contribution is 2.17. The summed E-state index contributed by atoms with van der Waals surface area (Å²) >= 11 is 1.16. The van der Waals surface area contributed by atoms with E-state index in [1.807, 2.05) is 0 Å². The number of nitrogens with zero attached hydrogens (tertiary/aromatic N) is 2. The fourth-order valence-electron chi connectivity index (χ4n) is 2.66. The molecule has 1 aliphatic rings. The molecule has 0 spiro atoms. The number of hydrogen-bond acceptors (Lipinski definition) is 5. The van der Waals surface area contributed by atoms with Gasteiger partial charge in [0, 0.05) is 24.0 Å². The highest BCUT2D eigenvalue weighted by Gasteiger charge is 2.15. The van der Waals surface area contributed by atoms with Crippen molar-refractivity contribution in [3.63, 3.8) is 0 Å². The van der Waals surface area contributed by atoms with Crippen LogP contribution in [-0.2, 0) is 0 Å². The Morgan fingerprint density at radius 1 is 1.24 bits per heavy atom. The van der Waals surface area contributed by atoms with Crippen molar-refractivity contribution in [1.29, 1.82) is 0 Å². The summed E-state index contributed by atoms with van der Waals surface area (Å²) in [6.45, 7) is 3.58. The molecule has 0 atom stereocenters. The van der Waals surface area contributed by atoms with Crippen molar-refractivity contribution in [2.24, 2.45) is 0 Å². The number of likely N-dealkylation sites (tertiary alicyclic amines) is 1. The lowest BCUT2D eigenvalue weighted by atomic mass is 10.2. The largest absolute Gasteiger partial charge is 0.349 e. The topological polar surface area (TPSA) is 74.3 Å². The molecule has 0 aliphatic carbocycles. The standard InChI is InChI=1S/C17H19FN4O2S/c18-13-5-3-4-12(10-13)15(23)21-17-20-14(11-25-17)16(24)19-6-9-22-7-1-2-8-22/h3-5,10-11H,1-2,6-9H2,(H,19,24)(H,20,21,23). The molecule has 1 saturated heterocycles. The van der Waals surface area contributed by atoms with Gasteiger partial charge in [0.05, 0.1) is 0 Å². The van der Waals surface area contributed by atoms with Crippen LogP contribution in [0.4, 0.5) is 9.52 Å². The summed E-state index contributed by atoms with van der Waals surface area (Å²) in [4.78, 5) is 30.6. The Labute approximate surface area is 149 Å². The van der Waals surface area contributed by atoms with Gasteiger partial charge in [-0.15, -0.1) is 11.3 Å². The van der Waals surface area contributed by atoms with E-state index in [1.165, 1.54) is 31.0 Å². The zero-order valence-electron chi connectivity index (χ0n) is 13.6. The van der Waals surface area contributed by atoms with Crippen LogP contribution < -0.4 is 10.6 Å². The molecule has 25 heavy (non-hydrogen) atoms. The van der Waals surface area contributed by atoms with Crippen molar-refractivity contribution >= 4 is 28.3 Å². The molecule has 132 valence electrons. The van der Waals surface area contributed by atoms with E-state index in [9.17, 15) is 14.0 Å². The maximum atomic E-state index is 13.2. The van der Waals surface area contributed by atoms with Gasteiger partial charge >= 0.3 is 0 Å². The minimum atomic E-state index is -0.482. The fourth-order valence-corrected chi connectivity index (χ4v) is 3.34. The predicted octanol–water partition coefficient (Wildman–Crippen LogP) is 2.36. The van der Waals surface area contributed by atoms with Crippen molar-refractivity contribution in [2.45, 2.75) is 12.8 Å². The number of nitrogens with one attached hydrogen (secondary N) is 2. The number of carbonyl (C=O) groups is 2. The first kappa shape index (κ1) is 17.5. The van der Waals surface area contributed by atoms with Crippen molar-refractivity contribution in [1.82, 2.24) is 15.2 Å². The summed E-state index contributed by atoms with van der Waals surface area (Å²) in [5.41, 5.74) is 0.466. The lowest BCUT2D eigenvalue weighted by Crippen LogP contribution is -2.33. The minimum absolute atomic E-state index is 0.201. The summed E-state index contributed by atoms with van der Waals surface area (Å²) in [6, 6.07) is 5.39. The second-order valence-electron chi connectivity index (χ2n) is 5.81. The number of carbonyl (C=O) groups excluding carboxylic acids is 2. The molecule has 3 rings (SSSR count). The van der Waals surface area contributed by atoms with Gasteiger partial charge in [-0.1, -0.05) is 6.07 Å². The van der Waals surface area contributed by atoms with Crippen molar-refractivity contribution < 1.29 is 14.0 Å². The zero-order chi connectivity index (χ0) is 17.6. The summed E-state index contributed by atoms with van der Waals surface area (Å²) in [5, 5.41) is 7.30. The van der Waals surface area contributed by atoms with E-state index in [-0.39, 0.29) is 17.2 Å². The van der Waals surface area contributed by atoms with Crippen LogP contribution in [-0.4, -0.2) is 47.9 Å². The summed E-state index contributed by atoms with van der Waals surface area (Å²) in [7, 11) is 0. The smallest absolute Gasteiger partial charge is 0.270 e. The quantitative estimate of drug-likeness (QED) is 0.827. The van der Waals surface area contributed by atoms with Crippen LogP contribution >= 0.6 is 11.3 Å². The third-order valence-corrected chi connectivity index (χ3v) is 4.71. The second kappa shape index (κ2) is 8.17. The second-order valence-corrected chi connectivity index (χ2v) is 6.67. The van der Waals surface area contributed by atoms with Crippen LogP contribution in [0.5, 0.6) is 0 Å².